The second kappa shape index (κ2) is 6.07. The molecule has 1 aliphatic carbocycles. The Kier molecular flexibility index (Phi) is 4.44. The van der Waals surface area contributed by atoms with Crippen LogP contribution < -0.4 is 10.1 Å². The maximum atomic E-state index is 9.68. The molecule has 0 heterocycles. The zero-order valence-corrected chi connectivity index (χ0v) is 10.7. The molecule has 0 amide bonds. The second-order valence-corrected chi connectivity index (χ2v) is 4.90. The molecule has 2 unspecified atom stereocenters. The number of ether oxygens (including phenoxy) is 1. The van der Waals surface area contributed by atoms with Crippen LogP contribution >= 0.6 is 0 Å². The molecule has 4 heteroatoms. The van der Waals surface area contributed by atoms with Crippen LogP contribution in [0.2, 0.25) is 0 Å². The van der Waals surface area contributed by atoms with Crippen LogP contribution in [0, 0.1) is 0 Å². The fraction of sp³-hybridized carbons (Fsp3) is 0.571. The fourth-order valence-corrected chi connectivity index (χ4v) is 2.46. The minimum absolute atomic E-state index is 0.166. The molecular weight excluding hydrogens is 230 g/mol. The molecule has 2 atom stereocenters. The maximum absolute atomic E-state index is 9.68. The van der Waals surface area contributed by atoms with Crippen molar-refractivity contribution < 1.29 is 14.9 Å². The summed E-state index contributed by atoms with van der Waals surface area (Å²) in [6.07, 6.45) is 3.76. The SMILES string of the molecule is COc1ccc(CNC2CCCC(O)C2)cc1O. The molecule has 100 valence electrons. The van der Waals surface area contributed by atoms with E-state index in [0.717, 1.165) is 31.2 Å². The Morgan fingerprint density at radius 1 is 1.39 bits per heavy atom. The normalized spacial score (nSPS) is 23.9. The maximum Gasteiger partial charge on any atom is 0.160 e. The molecule has 3 N–H and O–H groups in total. The van der Waals surface area contributed by atoms with Gasteiger partial charge in [0.1, 0.15) is 0 Å². The van der Waals surface area contributed by atoms with Crippen LogP contribution in [0.1, 0.15) is 31.2 Å². The number of benzene rings is 1. The van der Waals surface area contributed by atoms with E-state index in [1.54, 1.807) is 12.1 Å². The molecule has 1 aromatic rings. The molecule has 1 saturated carbocycles. The summed E-state index contributed by atoms with van der Waals surface area (Å²) in [6, 6.07) is 5.79. The first kappa shape index (κ1) is 13.2. The molecule has 1 fully saturated rings. The highest BCUT2D eigenvalue weighted by Crippen LogP contribution is 2.26. The largest absolute Gasteiger partial charge is 0.504 e. The topological polar surface area (TPSA) is 61.7 Å². The van der Waals surface area contributed by atoms with Gasteiger partial charge in [-0.1, -0.05) is 6.07 Å². The van der Waals surface area contributed by atoms with Crippen LogP contribution in [0.25, 0.3) is 0 Å². The molecule has 0 saturated heterocycles. The van der Waals surface area contributed by atoms with Crippen molar-refractivity contribution in [2.45, 2.75) is 44.4 Å². The third-order valence-corrected chi connectivity index (χ3v) is 3.48. The van der Waals surface area contributed by atoms with Gasteiger partial charge in [0, 0.05) is 12.6 Å². The predicted molar refractivity (Wildman–Crippen MR) is 69.8 cm³/mol. The molecule has 0 radical (unpaired) electrons. The second-order valence-electron chi connectivity index (χ2n) is 4.90. The molecule has 18 heavy (non-hydrogen) atoms. The van der Waals surface area contributed by atoms with Crippen molar-refractivity contribution in [3.63, 3.8) is 0 Å². The standard InChI is InChI=1S/C14H21NO3/c1-18-14-6-5-10(7-13(14)17)9-15-11-3-2-4-12(16)8-11/h5-7,11-12,15-17H,2-4,8-9H2,1H3. The molecule has 1 aromatic carbocycles. The van der Waals surface area contributed by atoms with E-state index in [-0.39, 0.29) is 11.9 Å². The van der Waals surface area contributed by atoms with Crippen LogP contribution in [-0.2, 0) is 6.54 Å². The molecule has 0 aliphatic heterocycles. The van der Waals surface area contributed by atoms with Crippen LogP contribution in [0.3, 0.4) is 0 Å². The highest BCUT2D eigenvalue weighted by molar-refractivity contribution is 5.41. The Bertz CT molecular complexity index is 395. The lowest BCUT2D eigenvalue weighted by atomic mass is 9.93. The molecule has 0 aromatic heterocycles. The van der Waals surface area contributed by atoms with Gasteiger partial charge in [-0.3, -0.25) is 0 Å². The van der Waals surface area contributed by atoms with Crippen LogP contribution in [-0.4, -0.2) is 29.5 Å². The summed E-state index contributed by atoms with van der Waals surface area (Å²) < 4.78 is 5.01. The predicted octanol–water partition coefficient (Wildman–Crippen LogP) is 1.79. The van der Waals surface area contributed by atoms with E-state index < -0.39 is 0 Å². The van der Waals surface area contributed by atoms with Crippen molar-refractivity contribution in [3.05, 3.63) is 23.8 Å². The number of aromatic hydroxyl groups is 1. The average molecular weight is 251 g/mol. The third kappa shape index (κ3) is 3.37. The van der Waals surface area contributed by atoms with Crippen molar-refractivity contribution in [3.8, 4) is 11.5 Å². The summed E-state index contributed by atoms with van der Waals surface area (Å²) >= 11 is 0. The lowest BCUT2D eigenvalue weighted by molar-refractivity contribution is 0.111. The Labute approximate surface area is 108 Å². The van der Waals surface area contributed by atoms with E-state index in [0.29, 0.717) is 18.3 Å². The number of rotatable bonds is 4. The van der Waals surface area contributed by atoms with Gasteiger partial charge in [0.15, 0.2) is 11.5 Å². The summed E-state index contributed by atoms with van der Waals surface area (Å²) in [5.41, 5.74) is 1.02. The lowest BCUT2D eigenvalue weighted by Crippen LogP contribution is -2.35. The number of phenolic OH excluding ortho intramolecular Hbond substituents is 1. The fourth-order valence-electron chi connectivity index (χ4n) is 2.46. The quantitative estimate of drug-likeness (QED) is 0.763. The van der Waals surface area contributed by atoms with Gasteiger partial charge < -0.3 is 20.3 Å². The molecule has 2 rings (SSSR count). The van der Waals surface area contributed by atoms with Gasteiger partial charge in [-0.15, -0.1) is 0 Å². The number of aliphatic hydroxyl groups is 1. The van der Waals surface area contributed by atoms with Crippen LogP contribution in [0.4, 0.5) is 0 Å². The van der Waals surface area contributed by atoms with Gasteiger partial charge in [-0.2, -0.15) is 0 Å². The smallest absolute Gasteiger partial charge is 0.160 e. The summed E-state index contributed by atoms with van der Waals surface area (Å²) in [5, 5.41) is 22.7. The summed E-state index contributed by atoms with van der Waals surface area (Å²) in [7, 11) is 1.54. The Morgan fingerprint density at radius 2 is 2.22 bits per heavy atom. The zero-order valence-electron chi connectivity index (χ0n) is 10.7. The van der Waals surface area contributed by atoms with E-state index >= 15 is 0 Å². The minimum atomic E-state index is -0.166. The number of hydrogen-bond donors (Lipinski definition) is 3. The first-order chi connectivity index (χ1) is 8.69. The van der Waals surface area contributed by atoms with Gasteiger partial charge in [0.2, 0.25) is 0 Å². The number of nitrogens with one attached hydrogen (secondary N) is 1. The van der Waals surface area contributed by atoms with Crippen molar-refractivity contribution in [1.29, 1.82) is 0 Å². The minimum Gasteiger partial charge on any atom is -0.504 e. The van der Waals surface area contributed by atoms with Crippen molar-refractivity contribution in [1.82, 2.24) is 5.32 Å². The molecule has 4 nitrogen and oxygen atoms in total. The Balaban J connectivity index is 1.88. The monoisotopic (exact) mass is 251 g/mol. The Hall–Kier alpha value is -1.26. The van der Waals surface area contributed by atoms with Crippen molar-refractivity contribution >= 4 is 0 Å². The number of phenols is 1. The first-order valence-corrected chi connectivity index (χ1v) is 6.46. The number of methoxy groups -OCH3 is 1. The van der Waals surface area contributed by atoms with Gasteiger partial charge in [-0.05, 0) is 43.4 Å². The zero-order chi connectivity index (χ0) is 13.0. The van der Waals surface area contributed by atoms with Crippen LogP contribution in [0.5, 0.6) is 11.5 Å². The van der Waals surface area contributed by atoms with Gasteiger partial charge in [-0.25, -0.2) is 0 Å². The number of hydrogen-bond acceptors (Lipinski definition) is 4. The molecule has 0 bridgehead atoms. The van der Waals surface area contributed by atoms with E-state index in [9.17, 15) is 10.2 Å². The van der Waals surface area contributed by atoms with Gasteiger partial charge in [0.05, 0.1) is 13.2 Å². The lowest BCUT2D eigenvalue weighted by Gasteiger charge is -2.26. The van der Waals surface area contributed by atoms with E-state index in [1.807, 2.05) is 6.07 Å². The van der Waals surface area contributed by atoms with E-state index in [2.05, 4.69) is 5.32 Å². The molecular formula is C14H21NO3. The van der Waals surface area contributed by atoms with Gasteiger partial charge in [0.25, 0.3) is 0 Å². The Morgan fingerprint density at radius 3 is 2.89 bits per heavy atom. The van der Waals surface area contributed by atoms with Crippen molar-refractivity contribution in [2.24, 2.45) is 0 Å². The van der Waals surface area contributed by atoms with Gasteiger partial charge >= 0.3 is 0 Å². The summed E-state index contributed by atoms with van der Waals surface area (Å²) in [6.45, 7) is 0.703. The van der Waals surface area contributed by atoms with Crippen molar-refractivity contribution in [2.75, 3.05) is 7.11 Å². The molecule has 1 aliphatic rings. The first-order valence-electron chi connectivity index (χ1n) is 6.46. The van der Waals surface area contributed by atoms with E-state index in [4.69, 9.17) is 4.74 Å². The average Bonchev–Trinajstić information content (AvgIpc) is 2.37. The van der Waals surface area contributed by atoms with Crippen LogP contribution in [0.15, 0.2) is 18.2 Å². The highest BCUT2D eigenvalue weighted by atomic mass is 16.5. The molecule has 0 spiro atoms. The summed E-state index contributed by atoms with van der Waals surface area (Å²) in [4.78, 5) is 0. The summed E-state index contributed by atoms with van der Waals surface area (Å²) in [5.74, 6) is 0.660. The third-order valence-electron chi connectivity index (χ3n) is 3.48. The number of aliphatic hydroxyl groups excluding tert-OH is 1. The van der Waals surface area contributed by atoms with E-state index in [1.165, 1.54) is 7.11 Å². The highest BCUT2D eigenvalue weighted by Gasteiger charge is 2.19.